The Bertz CT molecular complexity index is 1660. The highest BCUT2D eigenvalue weighted by Crippen LogP contribution is 2.35. The van der Waals surface area contributed by atoms with Crippen LogP contribution in [0.25, 0.3) is 6.08 Å². The van der Waals surface area contributed by atoms with Gasteiger partial charge in [-0.2, -0.15) is 0 Å². The molecule has 4 rings (SSSR count). The summed E-state index contributed by atoms with van der Waals surface area (Å²) in [5, 5.41) is 8.42. The van der Waals surface area contributed by atoms with E-state index in [4.69, 9.17) is 14.2 Å². The average Bonchev–Trinajstić information content (AvgIpc) is 3.04. The van der Waals surface area contributed by atoms with Gasteiger partial charge in [-0.05, 0) is 66.7 Å². The average molecular weight is 677 g/mol. The molecule has 0 saturated heterocycles. The molecule has 0 atom stereocenters. The fraction of sp³-hybridized carbons (Fsp3) is 0.121. The molecule has 0 unspecified atom stereocenters. The summed E-state index contributed by atoms with van der Waals surface area (Å²) < 4.78 is 17.2. The topological polar surface area (TPSA) is 115 Å². The molecule has 0 aliphatic heterocycles. The molecular weight excluding hydrogens is 646 g/mol. The summed E-state index contributed by atoms with van der Waals surface area (Å²) in [6.45, 7) is 0. The van der Waals surface area contributed by atoms with E-state index in [1.807, 2.05) is 30.3 Å². The van der Waals surface area contributed by atoms with Gasteiger partial charge in [0.1, 0.15) is 11.4 Å². The first-order valence-electron chi connectivity index (χ1n) is 13.3. The highest BCUT2D eigenvalue weighted by molar-refractivity contribution is 9.10. The first-order chi connectivity index (χ1) is 21.3. The predicted octanol–water partition coefficient (Wildman–Crippen LogP) is 6.62. The van der Waals surface area contributed by atoms with Crippen LogP contribution in [0.1, 0.15) is 15.9 Å². The van der Waals surface area contributed by atoms with Crippen molar-refractivity contribution in [1.29, 1.82) is 0 Å². The number of rotatable bonds is 12. The molecule has 11 heteroatoms. The van der Waals surface area contributed by atoms with E-state index in [-0.39, 0.29) is 17.4 Å². The fourth-order valence-electron chi connectivity index (χ4n) is 4.00. The lowest BCUT2D eigenvalue weighted by atomic mass is 10.1. The lowest BCUT2D eigenvalue weighted by Gasteiger charge is -2.15. The number of carbonyl (C=O) groups is 3. The summed E-state index contributed by atoms with van der Waals surface area (Å²) in [5.74, 6) is 0.244. The number of carbonyl (C=O) groups excluding carboxylic acids is 3. The predicted molar refractivity (Wildman–Crippen MR) is 177 cm³/mol. The Morgan fingerprint density at radius 3 is 2.11 bits per heavy atom. The maximum Gasteiger partial charge on any atom is 0.272 e. The largest absolute Gasteiger partial charge is 0.496 e. The maximum absolute atomic E-state index is 13.6. The minimum absolute atomic E-state index is 0.0312. The SMILES string of the molecule is COc1cc(OC)c(OC)cc1/C=C(/NC(=O)c1ccccc1)C(=O)Nc1cccc(SCC(=O)Nc2ccc(Br)cc2)c1. The van der Waals surface area contributed by atoms with Crippen LogP contribution in [0.15, 0.2) is 106 Å². The van der Waals surface area contributed by atoms with Crippen LogP contribution >= 0.6 is 27.7 Å². The van der Waals surface area contributed by atoms with Crippen molar-refractivity contribution in [2.24, 2.45) is 0 Å². The number of halogens is 1. The third kappa shape index (κ3) is 8.88. The third-order valence-electron chi connectivity index (χ3n) is 6.15. The van der Waals surface area contributed by atoms with Gasteiger partial charge in [0.15, 0.2) is 11.5 Å². The van der Waals surface area contributed by atoms with Crippen LogP contribution in [0.2, 0.25) is 0 Å². The van der Waals surface area contributed by atoms with Gasteiger partial charge in [-0.3, -0.25) is 14.4 Å². The molecule has 4 aromatic carbocycles. The number of hydrogen-bond acceptors (Lipinski definition) is 7. The van der Waals surface area contributed by atoms with Gasteiger partial charge in [0.2, 0.25) is 5.91 Å². The van der Waals surface area contributed by atoms with Crippen LogP contribution in [0.5, 0.6) is 17.2 Å². The molecule has 0 saturated carbocycles. The lowest BCUT2D eigenvalue weighted by molar-refractivity contribution is -0.114. The normalized spacial score (nSPS) is 10.9. The summed E-state index contributed by atoms with van der Waals surface area (Å²) in [7, 11) is 4.49. The Morgan fingerprint density at radius 2 is 1.43 bits per heavy atom. The minimum atomic E-state index is -0.568. The number of nitrogens with one attached hydrogen (secondary N) is 3. The van der Waals surface area contributed by atoms with Crippen LogP contribution < -0.4 is 30.2 Å². The zero-order chi connectivity index (χ0) is 31.5. The van der Waals surface area contributed by atoms with Gasteiger partial charge in [-0.15, -0.1) is 11.8 Å². The summed E-state index contributed by atoms with van der Waals surface area (Å²) in [6.07, 6.45) is 1.50. The van der Waals surface area contributed by atoms with Crippen LogP contribution in [0, 0.1) is 0 Å². The molecule has 0 heterocycles. The zero-order valence-corrected chi connectivity index (χ0v) is 26.6. The number of ether oxygens (including phenoxy) is 3. The van der Waals surface area contributed by atoms with Gasteiger partial charge >= 0.3 is 0 Å². The Morgan fingerprint density at radius 1 is 0.750 bits per heavy atom. The monoisotopic (exact) mass is 675 g/mol. The third-order valence-corrected chi connectivity index (χ3v) is 7.68. The van der Waals surface area contributed by atoms with Gasteiger partial charge < -0.3 is 30.2 Å². The standard InChI is InChI=1S/C33H30BrN3O6S/c1-41-28-19-30(43-3)29(42-2)17-22(28)16-27(37-32(39)21-8-5-4-6-9-21)33(40)36-25-10-7-11-26(18-25)44-20-31(38)35-24-14-12-23(34)13-15-24/h4-19H,20H2,1-3H3,(H,35,38)(H,36,40)(H,37,39)/b27-16+. The van der Waals surface area contributed by atoms with E-state index in [1.165, 1.54) is 39.2 Å². The van der Waals surface area contributed by atoms with Gasteiger partial charge in [0.05, 0.1) is 27.1 Å². The molecule has 3 N–H and O–H groups in total. The van der Waals surface area contributed by atoms with Crippen molar-refractivity contribution < 1.29 is 28.6 Å². The number of benzene rings is 4. The maximum atomic E-state index is 13.6. The highest BCUT2D eigenvalue weighted by atomic mass is 79.9. The Hall–Kier alpha value is -4.74. The van der Waals surface area contributed by atoms with Gasteiger partial charge in [-0.1, -0.05) is 40.2 Å². The van der Waals surface area contributed by atoms with E-state index in [1.54, 1.807) is 60.7 Å². The Labute approximate surface area is 268 Å². The fourth-order valence-corrected chi connectivity index (χ4v) is 5.02. The molecule has 226 valence electrons. The van der Waals surface area contributed by atoms with Crippen molar-refractivity contribution in [2.45, 2.75) is 4.90 Å². The molecule has 0 aliphatic carbocycles. The Balaban J connectivity index is 1.55. The van der Waals surface area contributed by atoms with Crippen LogP contribution in [-0.4, -0.2) is 44.8 Å². The van der Waals surface area contributed by atoms with Crippen molar-refractivity contribution in [2.75, 3.05) is 37.7 Å². The molecule has 0 aromatic heterocycles. The molecule has 4 aromatic rings. The van der Waals surface area contributed by atoms with E-state index in [0.29, 0.717) is 39.8 Å². The van der Waals surface area contributed by atoms with Crippen molar-refractivity contribution in [3.05, 3.63) is 112 Å². The van der Waals surface area contributed by atoms with Crippen LogP contribution in [0.3, 0.4) is 0 Å². The second-order valence-electron chi connectivity index (χ2n) is 9.15. The summed E-state index contributed by atoms with van der Waals surface area (Å²) in [6, 6.07) is 26.2. The smallest absolute Gasteiger partial charge is 0.272 e. The minimum Gasteiger partial charge on any atom is -0.496 e. The van der Waals surface area contributed by atoms with E-state index >= 15 is 0 Å². The molecule has 0 fully saturated rings. The quantitative estimate of drug-likeness (QED) is 0.114. The number of methoxy groups -OCH3 is 3. The summed E-state index contributed by atoms with van der Waals surface area (Å²) in [5.41, 5.74) is 2.00. The van der Waals surface area contributed by atoms with Gasteiger partial charge in [0.25, 0.3) is 11.8 Å². The zero-order valence-electron chi connectivity index (χ0n) is 24.2. The number of thioether (sulfide) groups is 1. The molecular formula is C33H30BrN3O6S. The van der Waals surface area contributed by atoms with Crippen LogP contribution in [-0.2, 0) is 9.59 Å². The van der Waals surface area contributed by atoms with Gasteiger partial charge in [-0.25, -0.2) is 0 Å². The van der Waals surface area contributed by atoms with Crippen LogP contribution in [0.4, 0.5) is 11.4 Å². The summed E-state index contributed by atoms with van der Waals surface area (Å²) in [4.78, 5) is 39.9. The molecule has 0 bridgehead atoms. The molecule has 44 heavy (non-hydrogen) atoms. The van der Waals surface area contributed by atoms with Crippen molar-refractivity contribution in [1.82, 2.24) is 5.32 Å². The lowest BCUT2D eigenvalue weighted by Crippen LogP contribution is -2.30. The molecule has 0 aliphatic rings. The summed E-state index contributed by atoms with van der Waals surface area (Å²) >= 11 is 4.70. The van der Waals surface area contributed by atoms with Crippen molar-refractivity contribution in [3.63, 3.8) is 0 Å². The number of anilines is 2. The first kappa shape index (κ1) is 32.2. The Kier molecular flexibility index (Phi) is 11.4. The van der Waals surface area contributed by atoms with E-state index in [2.05, 4.69) is 31.9 Å². The number of hydrogen-bond donors (Lipinski definition) is 3. The molecule has 0 radical (unpaired) electrons. The van der Waals surface area contributed by atoms with E-state index in [9.17, 15) is 14.4 Å². The molecule has 0 spiro atoms. The first-order valence-corrected chi connectivity index (χ1v) is 15.0. The second-order valence-corrected chi connectivity index (χ2v) is 11.1. The van der Waals surface area contributed by atoms with Crippen molar-refractivity contribution >= 4 is 62.9 Å². The molecule has 9 nitrogen and oxygen atoms in total. The highest BCUT2D eigenvalue weighted by Gasteiger charge is 2.18. The second kappa shape index (κ2) is 15.6. The van der Waals surface area contributed by atoms with E-state index in [0.717, 1.165) is 9.37 Å². The number of amides is 3. The van der Waals surface area contributed by atoms with Crippen molar-refractivity contribution in [3.8, 4) is 17.2 Å². The van der Waals surface area contributed by atoms with Gasteiger partial charge in [0, 0.05) is 37.9 Å². The molecule has 3 amide bonds. The van der Waals surface area contributed by atoms with E-state index < -0.39 is 11.8 Å².